The largest absolute Gasteiger partial charge is 0.460 e. The second-order valence-corrected chi connectivity index (χ2v) is 4.37. The highest BCUT2D eigenvalue weighted by atomic mass is 16.5. The van der Waals surface area contributed by atoms with E-state index in [-0.39, 0.29) is 6.10 Å². The standard InChI is InChI=1S/C14H20O4/c1-11-5-4-8-12(15)6-2-3-7-13(16)9-10-14(17)18-11/h2-3,6-7,9-13,15-16H,4-5,8H2,1H3/t11-,12-,13+/m0/s1. The van der Waals surface area contributed by atoms with Gasteiger partial charge in [0.05, 0.1) is 18.3 Å². The molecule has 18 heavy (non-hydrogen) atoms. The number of ether oxygens (including phenoxy) is 1. The van der Waals surface area contributed by atoms with Gasteiger partial charge in [-0.25, -0.2) is 4.79 Å². The Kier molecular flexibility index (Phi) is 6.39. The van der Waals surface area contributed by atoms with Gasteiger partial charge < -0.3 is 14.9 Å². The van der Waals surface area contributed by atoms with Crippen LogP contribution in [0.15, 0.2) is 36.5 Å². The average Bonchev–Trinajstić information content (AvgIpc) is 2.31. The fraction of sp³-hybridized carbons (Fsp3) is 0.500. The van der Waals surface area contributed by atoms with Gasteiger partial charge >= 0.3 is 5.97 Å². The van der Waals surface area contributed by atoms with E-state index in [4.69, 9.17) is 4.74 Å². The highest BCUT2D eigenvalue weighted by Gasteiger charge is 2.08. The van der Waals surface area contributed by atoms with Crippen molar-refractivity contribution in [2.75, 3.05) is 0 Å². The number of hydrogen-bond acceptors (Lipinski definition) is 4. The molecule has 0 spiro atoms. The number of aliphatic hydroxyl groups is 2. The number of allylic oxidation sites excluding steroid dienone is 2. The molecule has 0 aromatic heterocycles. The maximum absolute atomic E-state index is 11.4. The summed E-state index contributed by atoms with van der Waals surface area (Å²) in [5, 5.41) is 19.1. The quantitative estimate of drug-likeness (QED) is 0.641. The van der Waals surface area contributed by atoms with Crippen LogP contribution in [0.5, 0.6) is 0 Å². The Morgan fingerprint density at radius 1 is 1.17 bits per heavy atom. The summed E-state index contributed by atoms with van der Waals surface area (Å²) in [6, 6.07) is 0. The number of carbonyl (C=O) groups excluding carboxylic acids is 1. The smallest absolute Gasteiger partial charge is 0.330 e. The maximum Gasteiger partial charge on any atom is 0.330 e. The third kappa shape index (κ3) is 6.37. The Morgan fingerprint density at radius 2 is 1.89 bits per heavy atom. The van der Waals surface area contributed by atoms with Crippen molar-refractivity contribution in [3.8, 4) is 0 Å². The monoisotopic (exact) mass is 252 g/mol. The van der Waals surface area contributed by atoms with Crippen LogP contribution in [0.3, 0.4) is 0 Å². The zero-order chi connectivity index (χ0) is 13.4. The molecular formula is C14H20O4. The molecular weight excluding hydrogens is 232 g/mol. The lowest BCUT2D eigenvalue weighted by Gasteiger charge is -2.13. The average molecular weight is 252 g/mol. The molecule has 4 nitrogen and oxygen atoms in total. The molecule has 0 aromatic carbocycles. The van der Waals surface area contributed by atoms with Gasteiger partial charge in [-0.05, 0) is 32.3 Å². The summed E-state index contributed by atoms with van der Waals surface area (Å²) in [6.07, 6.45) is 9.71. The van der Waals surface area contributed by atoms with Crippen LogP contribution in [0.1, 0.15) is 26.2 Å². The van der Waals surface area contributed by atoms with Crippen LogP contribution >= 0.6 is 0 Å². The van der Waals surface area contributed by atoms with Crippen molar-refractivity contribution in [2.24, 2.45) is 0 Å². The first kappa shape index (κ1) is 14.7. The van der Waals surface area contributed by atoms with E-state index in [9.17, 15) is 15.0 Å². The van der Waals surface area contributed by atoms with Crippen LogP contribution < -0.4 is 0 Å². The number of rotatable bonds is 0. The molecule has 2 N–H and O–H groups in total. The van der Waals surface area contributed by atoms with Crippen LogP contribution in [0.4, 0.5) is 0 Å². The molecule has 0 bridgehead atoms. The molecule has 0 unspecified atom stereocenters. The van der Waals surface area contributed by atoms with Crippen molar-refractivity contribution in [1.82, 2.24) is 0 Å². The van der Waals surface area contributed by atoms with Crippen molar-refractivity contribution in [1.29, 1.82) is 0 Å². The van der Waals surface area contributed by atoms with Crippen LogP contribution in [0.25, 0.3) is 0 Å². The highest BCUT2D eigenvalue weighted by Crippen LogP contribution is 2.09. The van der Waals surface area contributed by atoms with E-state index >= 15 is 0 Å². The minimum Gasteiger partial charge on any atom is -0.460 e. The van der Waals surface area contributed by atoms with Gasteiger partial charge in [-0.2, -0.15) is 0 Å². The van der Waals surface area contributed by atoms with Crippen LogP contribution in [-0.4, -0.2) is 34.5 Å². The molecule has 0 amide bonds. The van der Waals surface area contributed by atoms with E-state index in [2.05, 4.69) is 0 Å². The number of aliphatic hydroxyl groups excluding tert-OH is 2. The first-order valence-corrected chi connectivity index (χ1v) is 6.18. The summed E-state index contributed by atoms with van der Waals surface area (Å²) in [5.41, 5.74) is 0. The lowest BCUT2D eigenvalue weighted by Crippen LogP contribution is -2.14. The third-order valence-corrected chi connectivity index (χ3v) is 2.61. The van der Waals surface area contributed by atoms with Gasteiger partial charge in [0.25, 0.3) is 0 Å². The molecule has 0 aliphatic carbocycles. The SMILES string of the molecule is C[C@H]1CCC[C@@H](O)C=CC=C[C@@H](O)C=CC(=O)O1. The Bertz CT molecular complexity index is 344. The predicted molar refractivity (Wildman–Crippen MR) is 68.8 cm³/mol. The first-order chi connectivity index (χ1) is 8.58. The van der Waals surface area contributed by atoms with E-state index in [0.29, 0.717) is 12.8 Å². The lowest BCUT2D eigenvalue weighted by molar-refractivity contribution is -0.142. The maximum atomic E-state index is 11.4. The first-order valence-electron chi connectivity index (χ1n) is 6.18. The van der Waals surface area contributed by atoms with Gasteiger partial charge in [-0.3, -0.25) is 0 Å². The van der Waals surface area contributed by atoms with E-state index in [1.807, 2.05) is 6.92 Å². The topological polar surface area (TPSA) is 66.8 Å². The van der Waals surface area contributed by atoms with Gasteiger partial charge in [-0.1, -0.05) is 24.3 Å². The van der Waals surface area contributed by atoms with Crippen LogP contribution in [0, 0.1) is 0 Å². The summed E-state index contributed by atoms with van der Waals surface area (Å²) < 4.78 is 5.12. The van der Waals surface area contributed by atoms with Crippen molar-refractivity contribution in [2.45, 2.75) is 44.5 Å². The third-order valence-electron chi connectivity index (χ3n) is 2.61. The number of hydrogen-bond donors (Lipinski definition) is 2. The van der Waals surface area contributed by atoms with Crippen molar-refractivity contribution >= 4 is 5.97 Å². The van der Waals surface area contributed by atoms with Gasteiger partial charge in [-0.15, -0.1) is 0 Å². The van der Waals surface area contributed by atoms with E-state index in [1.54, 1.807) is 18.2 Å². The summed E-state index contributed by atoms with van der Waals surface area (Å²) in [7, 11) is 0. The summed E-state index contributed by atoms with van der Waals surface area (Å²) in [4.78, 5) is 11.4. The van der Waals surface area contributed by atoms with Crippen LogP contribution in [0.2, 0.25) is 0 Å². The van der Waals surface area contributed by atoms with E-state index in [0.717, 1.165) is 6.42 Å². The minimum atomic E-state index is -0.836. The van der Waals surface area contributed by atoms with Crippen molar-refractivity contribution < 1.29 is 19.7 Å². The van der Waals surface area contributed by atoms with Gasteiger partial charge in [0.2, 0.25) is 0 Å². The molecule has 1 heterocycles. The summed E-state index contributed by atoms with van der Waals surface area (Å²) >= 11 is 0. The molecule has 3 atom stereocenters. The normalized spacial score (nSPS) is 30.8. The fourth-order valence-corrected chi connectivity index (χ4v) is 1.62. The van der Waals surface area contributed by atoms with Gasteiger partial charge in [0, 0.05) is 6.08 Å². The second kappa shape index (κ2) is 7.84. The molecule has 4 heteroatoms. The molecule has 0 radical (unpaired) electrons. The minimum absolute atomic E-state index is 0.186. The molecule has 1 aliphatic rings. The summed E-state index contributed by atoms with van der Waals surface area (Å²) in [6.45, 7) is 1.82. The predicted octanol–water partition coefficient (Wildman–Crippen LogP) is 1.49. The van der Waals surface area contributed by atoms with E-state index < -0.39 is 18.2 Å². The van der Waals surface area contributed by atoms with Crippen molar-refractivity contribution in [3.63, 3.8) is 0 Å². The fourth-order valence-electron chi connectivity index (χ4n) is 1.62. The second-order valence-electron chi connectivity index (χ2n) is 4.37. The zero-order valence-corrected chi connectivity index (χ0v) is 10.5. The number of esters is 1. The van der Waals surface area contributed by atoms with Gasteiger partial charge in [0.15, 0.2) is 0 Å². The molecule has 0 aromatic rings. The molecule has 0 saturated heterocycles. The molecule has 1 rings (SSSR count). The van der Waals surface area contributed by atoms with Crippen LogP contribution in [-0.2, 0) is 9.53 Å². The zero-order valence-electron chi connectivity index (χ0n) is 10.5. The Hall–Kier alpha value is -1.39. The Balaban J connectivity index is 2.68. The van der Waals surface area contributed by atoms with Gasteiger partial charge in [0.1, 0.15) is 0 Å². The Morgan fingerprint density at radius 3 is 2.67 bits per heavy atom. The number of carbonyl (C=O) groups is 1. The molecule has 1 aliphatic heterocycles. The van der Waals surface area contributed by atoms with Crippen molar-refractivity contribution in [3.05, 3.63) is 36.5 Å². The number of cyclic esters (lactones) is 1. The summed E-state index contributed by atoms with van der Waals surface area (Å²) in [5.74, 6) is -0.455. The molecule has 0 saturated carbocycles. The molecule has 100 valence electrons. The van der Waals surface area contributed by atoms with E-state index in [1.165, 1.54) is 18.2 Å². The highest BCUT2D eigenvalue weighted by molar-refractivity contribution is 5.82. The Labute approximate surface area is 107 Å². The molecule has 0 fully saturated rings. The lowest BCUT2D eigenvalue weighted by atomic mass is 10.1.